The maximum Gasteiger partial charge on any atom is 0.275 e. The molecule has 0 spiro atoms. The first kappa shape index (κ1) is 50.5. The number of nitrogens with zero attached hydrogens (tertiary/aromatic N) is 1. The van der Waals surface area contributed by atoms with Crippen molar-refractivity contribution in [2.24, 2.45) is 16.5 Å². The Kier molecular flexibility index (Phi) is 23.9. The van der Waals surface area contributed by atoms with Gasteiger partial charge in [-0.3, -0.25) is 14.4 Å². The van der Waals surface area contributed by atoms with E-state index < -0.39 is 63.3 Å². The fourth-order valence-electron chi connectivity index (χ4n) is 4.40. The summed E-state index contributed by atoms with van der Waals surface area (Å²) in [7, 11) is -2.66. The highest BCUT2D eigenvalue weighted by molar-refractivity contribution is 7.89. The van der Waals surface area contributed by atoms with Crippen LogP contribution in [0.3, 0.4) is 0 Å². The van der Waals surface area contributed by atoms with Gasteiger partial charge in [0.1, 0.15) is 5.75 Å². The van der Waals surface area contributed by atoms with Crippen LogP contribution in [0.2, 0.25) is 0 Å². The molecule has 0 saturated carbocycles. The highest BCUT2D eigenvalue weighted by Gasteiger charge is 2.29. The number of carbonyl (C=O) groups is 3. The van der Waals surface area contributed by atoms with Crippen LogP contribution in [0.15, 0.2) is 51.9 Å². The molecule has 59 heavy (non-hydrogen) atoms. The number of sulfonamides is 1. The number of ether oxygens (including phenoxy) is 7. The van der Waals surface area contributed by atoms with Crippen LogP contribution in [-0.2, 0) is 52.8 Å². The molecular weight excluding hydrogens is 810 g/mol. The topological polar surface area (TPSA) is 291 Å². The number of nitrogens with two attached hydrogens (primary N) is 2. The number of aliphatic imine (C=N–C) groups is 1. The maximum absolute atomic E-state index is 14.7. The van der Waals surface area contributed by atoms with Gasteiger partial charge in [-0.2, -0.15) is 4.99 Å². The fourth-order valence-corrected chi connectivity index (χ4v) is 5.41. The average Bonchev–Trinajstić information content (AvgIpc) is 3.20. The zero-order valence-electron chi connectivity index (χ0n) is 32.7. The average molecular weight is 863 g/mol. The van der Waals surface area contributed by atoms with Gasteiger partial charge in [-0.1, -0.05) is 0 Å². The van der Waals surface area contributed by atoms with Crippen molar-refractivity contribution in [1.29, 1.82) is 0 Å². The van der Waals surface area contributed by atoms with Gasteiger partial charge in [0.2, 0.25) is 10.0 Å². The number of likely N-dealkylation sites (N-methyl/N-ethyl adjacent to an activating group) is 1. The lowest BCUT2D eigenvalue weighted by Gasteiger charge is -2.16. The summed E-state index contributed by atoms with van der Waals surface area (Å²) in [5.41, 5.74) is 10.4. The van der Waals surface area contributed by atoms with Crippen LogP contribution in [0.4, 0.5) is 8.78 Å². The normalized spacial score (nSPS) is 12.7. The van der Waals surface area contributed by atoms with E-state index in [9.17, 15) is 41.8 Å². The number of guanidine groups is 1. The van der Waals surface area contributed by atoms with E-state index in [4.69, 9.17) is 44.6 Å². The van der Waals surface area contributed by atoms with Gasteiger partial charge in [-0.05, 0) is 55.0 Å². The van der Waals surface area contributed by atoms with Crippen molar-refractivity contribution in [1.82, 2.24) is 15.4 Å². The minimum Gasteiger partial charge on any atom is -0.451 e. The Morgan fingerprint density at radius 1 is 0.746 bits per heavy atom. The molecule has 2 atom stereocenters. The van der Waals surface area contributed by atoms with E-state index in [2.05, 4.69) is 20.3 Å². The van der Waals surface area contributed by atoms with Crippen LogP contribution >= 0.6 is 0 Å². The smallest absolute Gasteiger partial charge is 0.275 e. The van der Waals surface area contributed by atoms with Crippen molar-refractivity contribution >= 4 is 39.8 Å². The van der Waals surface area contributed by atoms with Gasteiger partial charge in [0.25, 0.3) is 17.7 Å². The summed E-state index contributed by atoms with van der Waals surface area (Å²) in [5.74, 6) is -5.90. The first-order valence-electron chi connectivity index (χ1n) is 18.1. The number of carbonyl (C=O) groups excluding carboxylic acids is 3. The molecule has 0 aliphatic rings. The number of nitrogens with one attached hydrogen (secondary N) is 3. The SMILES string of the molecule is CNC(=O)C(O)C(O)C(=O)NCCOCCOCCOCCOCCOCCOCCNS(=O)(=O)c1ccc(Oc2c(F)cc(/C=C(\C)C(=O)N=C(N)N)cc2F)cc1. The Morgan fingerprint density at radius 3 is 1.64 bits per heavy atom. The number of benzene rings is 2. The lowest BCUT2D eigenvalue weighted by molar-refractivity contribution is -0.145. The minimum absolute atomic E-state index is 0.0188. The lowest BCUT2D eigenvalue weighted by atomic mass is 10.1. The molecule has 23 heteroatoms. The van der Waals surface area contributed by atoms with Gasteiger partial charge in [0.15, 0.2) is 35.6 Å². The zero-order valence-corrected chi connectivity index (χ0v) is 33.5. The van der Waals surface area contributed by atoms with Gasteiger partial charge in [-0.15, -0.1) is 0 Å². The molecule has 2 unspecified atom stereocenters. The molecule has 0 aliphatic carbocycles. The van der Waals surface area contributed by atoms with Gasteiger partial charge >= 0.3 is 0 Å². The highest BCUT2D eigenvalue weighted by atomic mass is 32.2. The number of hydrogen-bond acceptors (Lipinski definition) is 14. The van der Waals surface area contributed by atoms with Crippen molar-refractivity contribution in [2.75, 3.05) is 99.4 Å². The van der Waals surface area contributed by atoms with Crippen LogP contribution in [0, 0.1) is 11.6 Å². The third-order valence-electron chi connectivity index (χ3n) is 7.35. The highest BCUT2D eigenvalue weighted by Crippen LogP contribution is 2.30. The van der Waals surface area contributed by atoms with Gasteiger partial charge in [0.05, 0.1) is 84.2 Å². The molecule has 3 amide bonds. The van der Waals surface area contributed by atoms with Gasteiger partial charge < -0.3 is 65.5 Å². The molecular formula is C36H52F2N6O14S. The standard InChI is InChI=1S/C36H52F2N6O14S/c1-24(33(47)44-36(39)40)21-25-22-28(37)32(29(38)23-25)58-26-3-5-27(6-4-26)59(50,51)43-8-10-53-12-14-55-16-18-57-20-19-56-17-15-54-13-11-52-9-7-42-35(49)31(46)30(45)34(48)41-2/h3-6,21-23,30-31,43,45-46H,7-20H2,1-2H3,(H,41,48)(H,42,49)(H4,39,40,44,47)/b24-21+. The van der Waals surface area contributed by atoms with Crippen molar-refractivity contribution in [2.45, 2.75) is 24.0 Å². The maximum atomic E-state index is 14.7. The van der Waals surface area contributed by atoms with Crippen molar-refractivity contribution in [3.8, 4) is 11.5 Å². The molecule has 0 aliphatic heterocycles. The Bertz CT molecular complexity index is 1760. The fraction of sp³-hybridized carbons (Fsp3) is 0.500. The van der Waals surface area contributed by atoms with Crippen LogP contribution in [-0.4, -0.2) is 154 Å². The minimum atomic E-state index is -3.92. The molecule has 0 bridgehead atoms. The summed E-state index contributed by atoms with van der Waals surface area (Å²) >= 11 is 0. The molecule has 2 rings (SSSR count). The van der Waals surface area contributed by atoms with Crippen LogP contribution < -0.4 is 31.6 Å². The largest absolute Gasteiger partial charge is 0.451 e. The van der Waals surface area contributed by atoms with Crippen LogP contribution in [0.5, 0.6) is 11.5 Å². The van der Waals surface area contributed by atoms with E-state index in [0.29, 0.717) is 46.2 Å². The second-order valence-electron chi connectivity index (χ2n) is 11.9. The number of aliphatic hydroxyl groups excluding tert-OH is 2. The summed E-state index contributed by atoms with van der Waals surface area (Å²) in [4.78, 5) is 38.0. The zero-order chi connectivity index (χ0) is 43.6. The summed E-state index contributed by atoms with van der Waals surface area (Å²) < 4.78 is 94.6. The number of rotatable bonds is 30. The van der Waals surface area contributed by atoms with Gasteiger partial charge in [-0.25, -0.2) is 21.9 Å². The predicted octanol–water partition coefficient (Wildman–Crippen LogP) is -1.08. The molecule has 330 valence electrons. The summed E-state index contributed by atoms with van der Waals surface area (Å²) in [6, 6.07) is 6.78. The number of amides is 3. The second kappa shape index (κ2) is 27.9. The van der Waals surface area contributed by atoms with E-state index >= 15 is 0 Å². The van der Waals surface area contributed by atoms with Crippen molar-refractivity contribution < 1.29 is 75.0 Å². The molecule has 20 nitrogen and oxygen atoms in total. The third kappa shape index (κ3) is 20.2. The first-order valence-corrected chi connectivity index (χ1v) is 19.5. The van der Waals surface area contributed by atoms with Crippen LogP contribution in [0.1, 0.15) is 12.5 Å². The van der Waals surface area contributed by atoms with E-state index in [1.807, 2.05) is 0 Å². The predicted molar refractivity (Wildman–Crippen MR) is 207 cm³/mol. The number of hydrogen-bond donors (Lipinski definition) is 7. The summed E-state index contributed by atoms with van der Waals surface area (Å²) in [6.45, 7) is 4.64. The third-order valence-corrected chi connectivity index (χ3v) is 8.83. The second-order valence-corrected chi connectivity index (χ2v) is 13.7. The molecule has 9 N–H and O–H groups in total. The molecule has 0 radical (unpaired) electrons. The monoisotopic (exact) mass is 862 g/mol. The number of aliphatic hydroxyl groups is 2. The molecule has 0 aromatic heterocycles. The summed E-state index contributed by atoms with van der Waals surface area (Å²) in [5, 5.41) is 23.6. The van der Waals surface area contributed by atoms with E-state index in [-0.39, 0.29) is 67.9 Å². The Labute approximate surface area is 340 Å². The molecule has 0 fully saturated rings. The summed E-state index contributed by atoms with van der Waals surface area (Å²) in [6.07, 6.45) is -2.56. The van der Waals surface area contributed by atoms with E-state index in [1.165, 1.54) is 44.3 Å². The Morgan fingerprint density at radius 2 is 1.19 bits per heavy atom. The van der Waals surface area contributed by atoms with E-state index in [1.54, 1.807) is 0 Å². The molecule has 0 heterocycles. The van der Waals surface area contributed by atoms with E-state index in [0.717, 1.165) is 12.1 Å². The molecule has 2 aromatic carbocycles. The molecule has 0 saturated heterocycles. The first-order chi connectivity index (χ1) is 28.2. The quantitative estimate of drug-likeness (QED) is 0.0213. The lowest BCUT2D eigenvalue weighted by Crippen LogP contribution is -2.49. The Hall–Kier alpha value is -4.69. The van der Waals surface area contributed by atoms with Crippen molar-refractivity contribution in [3.63, 3.8) is 0 Å². The van der Waals surface area contributed by atoms with Gasteiger partial charge in [0, 0.05) is 25.7 Å². The molecule has 2 aromatic rings. The van der Waals surface area contributed by atoms with Crippen molar-refractivity contribution in [3.05, 3.63) is 59.2 Å². The Balaban J connectivity index is 1.47. The van der Waals surface area contributed by atoms with Crippen LogP contribution in [0.25, 0.3) is 6.08 Å². The number of halogens is 2.